The van der Waals surface area contributed by atoms with Gasteiger partial charge in [-0.25, -0.2) is 4.98 Å². The minimum Gasteiger partial charge on any atom is -0.338 e. The van der Waals surface area contributed by atoms with Crippen LogP contribution < -0.4 is 0 Å². The van der Waals surface area contributed by atoms with E-state index in [0.717, 1.165) is 26.9 Å². The molecule has 0 aliphatic carbocycles. The van der Waals surface area contributed by atoms with Crippen LogP contribution in [0.1, 0.15) is 11.1 Å². The molecule has 90 valence electrons. The molecule has 3 nitrogen and oxygen atoms in total. The standard InChI is InChI=1S/C14H12BrN3/c1-8-3-12-13(4-9(8)2)18-14(17-12)10-5-11(15)7-16-6-10/h3-7H,1-2H3,(H,17,18). The van der Waals surface area contributed by atoms with Gasteiger partial charge in [0.15, 0.2) is 0 Å². The second-order valence-electron chi connectivity index (χ2n) is 4.43. The Morgan fingerprint density at radius 2 is 1.83 bits per heavy atom. The van der Waals surface area contributed by atoms with E-state index in [0.29, 0.717) is 0 Å². The molecule has 3 aromatic rings. The van der Waals surface area contributed by atoms with Gasteiger partial charge in [0.05, 0.1) is 11.0 Å². The highest BCUT2D eigenvalue weighted by atomic mass is 79.9. The monoisotopic (exact) mass is 301 g/mol. The third kappa shape index (κ3) is 1.93. The van der Waals surface area contributed by atoms with E-state index in [9.17, 15) is 0 Å². The van der Waals surface area contributed by atoms with Crippen molar-refractivity contribution < 1.29 is 0 Å². The van der Waals surface area contributed by atoms with E-state index in [1.54, 1.807) is 6.20 Å². The molecule has 0 saturated heterocycles. The maximum atomic E-state index is 4.61. The summed E-state index contributed by atoms with van der Waals surface area (Å²) in [6, 6.07) is 6.24. The fraction of sp³-hybridized carbons (Fsp3) is 0.143. The number of aromatic nitrogens is 3. The fourth-order valence-electron chi connectivity index (χ4n) is 1.95. The first-order chi connectivity index (χ1) is 8.63. The summed E-state index contributed by atoms with van der Waals surface area (Å²) in [6.45, 7) is 4.21. The van der Waals surface area contributed by atoms with Crippen molar-refractivity contribution in [3.05, 3.63) is 46.2 Å². The van der Waals surface area contributed by atoms with Gasteiger partial charge in [-0.2, -0.15) is 0 Å². The van der Waals surface area contributed by atoms with Crippen molar-refractivity contribution in [1.29, 1.82) is 0 Å². The Morgan fingerprint density at radius 3 is 2.61 bits per heavy atom. The van der Waals surface area contributed by atoms with Gasteiger partial charge in [-0.15, -0.1) is 0 Å². The zero-order chi connectivity index (χ0) is 12.7. The number of halogens is 1. The molecule has 2 heterocycles. The van der Waals surface area contributed by atoms with Crippen molar-refractivity contribution in [3.8, 4) is 11.4 Å². The summed E-state index contributed by atoms with van der Waals surface area (Å²) in [6.07, 6.45) is 3.57. The number of H-pyrrole nitrogens is 1. The van der Waals surface area contributed by atoms with Crippen LogP contribution >= 0.6 is 15.9 Å². The number of hydrogen-bond donors (Lipinski definition) is 1. The number of nitrogens with one attached hydrogen (secondary N) is 1. The molecule has 0 fully saturated rings. The van der Waals surface area contributed by atoms with Crippen LogP contribution in [0, 0.1) is 13.8 Å². The van der Waals surface area contributed by atoms with Crippen LogP contribution in [0.2, 0.25) is 0 Å². The number of nitrogens with zero attached hydrogens (tertiary/aromatic N) is 2. The maximum absolute atomic E-state index is 4.61. The number of fused-ring (bicyclic) bond motifs is 1. The first kappa shape index (κ1) is 11.4. The van der Waals surface area contributed by atoms with Crippen molar-refractivity contribution in [2.24, 2.45) is 0 Å². The second-order valence-corrected chi connectivity index (χ2v) is 5.35. The molecule has 0 aliphatic heterocycles. The Bertz CT molecular complexity index is 692. The van der Waals surface area contributed by atoms with E-state index in [4.69, 9.17) is 0 Å². The van der Waals surface area contributed by atoms with Gasteiger partial charge in [-0.1, -0.05) is 0 Å². The molecule has 0 aliphatic rings. The zero-order valence-corrected chi connectivity index (χ0v) is 11.7. The maximum Gasteiger partial charge on any atom is 0.140 e. The van der Waals surface area contributed by atoms with Crippen LogP contribution in [0.3, 0.4) is 0 Å². The van der Waals surface area contributed by atoms with E-state index in [2.05, 4.69) is 56.9 Å². The zero-order valence-electron chi connectivity index (χ0n) is 10.2. The summed E-state index contributed by atoms with van der Waals surface area (Å²) < 4.78 is 0.952. The molecular formula is C14H12BrN3. The number of imidazole rings is 1. The summed E-state index contributed by atoms with van der Waals surface area (Å²) in [5.74, 6) is 0.851. The average molecular weight is 302 g/mol. The molecule has 0 radical (unpaired) electrons. The van der Waals surface area contributed by atoms with Crippen molar-refractivity contribution in [1.82, 2.24) is 15.0 Å². The van der Waals surface area contributed by atoms with Crippen LogP contribution in [-0.4, -0.2) is 15.0 Å². The van der Waals surface area contributed by atoms with Crippen LogP contribution in [0.5, 0.6) is 0 Å². The average Bonchev–Trinajstić information content (AvgIpc) is 2.73. The highest BCUT2D eigenvalue weighted by molar-refractivity contribution is 9.10. The van der Waals surface area contributed by atoms with Gasteiger partial charge >= 0.3 is 0 Å². The molecule has 0 spiro atoms. The number of hydrogen-bond acceptors (Lipinski definition) is 2. The lowest BCUT2D eigenvalue weighted by Crippen LogP contribution is -1.82. The minimum absolute atomic E-state index is 0.851. The van der Waals surface area contributed by atoms with Crippen LogP contribution in [-0.2, 0) is 0 Å². The Kier molecular flexibility index (Phi) is 2.67. The molecule has 0 bridgehead atoms. The van der Waals surface area contributed by atoms with E-state index < -0.39 is 0 Å². The van der Waals surface area contributed by atoms with Crippen LogP contribution in [0.4, 0.5) is 0 Å². The SMILES string of the molecule is Cc1cc2nc(-c3cncc(Br)c3)[nH]c2cc1C. The van der Waals surface area contributed by atoms with Crippen molar-refractivity contribution >= 4 is 27.0 Å². The van der Waals surface area contributed by atoms with Gasteiger partial charge < -0.3 is 4.98 Å². The number of rotatable bonds is 1. The van der Waals surface area contributed by atoms with Gasteiger partial charge in [-0.05, 0) is 59.1 Å². The van der Waals surface area contributed by atoms with Gasteiger partial charge in [0.1, 0.15) is 5.82 Å². The molecule has 1 N–H and O–H groups in total. The van der Waals surface area contributed by atoms with Crippen molar-refractivity contribution in [3.63, 3.8) is 0 Å². The van der Waals surface area contributed by atoms with Gasteiger partial charge in [-0.3, -0.25) is 4.98 Å². The van der Waals surface area contributed by atoms with Gasteiger partial charge in [0.2, 0.25) is 0 Å². The summed E-state index contributed by atoms with van der Waals surface area (Å²) in [5, 5.41) is 0. The number of aryl methyl sites for hydroxylation is 2. The first-order valence-electron chi connectivity index (χ1n) is 5.71. The van der Waals surface area contributed by atoms with Gasteiger partial charge in [0, 0.05) is 22.4 Å². The fourth-order valence-corrected chi connectivity index (χ4v) is 2.31. The smallest absolute Gasteiger partial charge is 0.140 e. The first-order valence-corrected chi connectivity index (χ1v) is 6.50. The van der Waals surface area contributed by atoms with Crippen LogP contribution in [0.15, 0.2) is 35.1 Å². The lowest BCUT2D eigenvalue weighted by Gasteiger charge is -1.97. The van der Waals surface area contributed by atoms with Crippen molar-refractivity contribution in [2.45, 2.75) is 13.8 Å². The lowest BCUT2D eigenvalue weighted by molar-refractivity contribution is 1.26. The summed E-state index contributed by atoms with van der Waals surface area (Å²) in [7, 11) is 0. The lowest BCUT2D eigenvalue weighted by atomic mass is 10.1. The molecule has 4 heteroatoms. The molecule has 0 saturated carbocycles. The molecule has 0 atom stereocenters. The summed E-state index contributed by atoms with van der Waals surface area (Å²) in [5.41, 5.74) is 5.56. The van der Waals surface area contributed by atoms with Crippen molar-refractivity contribution in [2.75, 3.05) is 0 Å². The molecule has 0 amide bonds. The normalized spacial score (nSPS) is 11.1. The van der Waals surface area contributed by atoms with E-state index in [1.807, 2.05) is 12.3 Å². The van der Waals surface area contributed by atoms with Crippen LogP contribution in [0.25, 0.3) is 22.4 Å². The summed E-state index contributed by atoms with van der Waals surface area (Å²) in [4.78, 5) is 12.1. The van der Waals surface area contributed by atoms with Gasteiger partial charge in [0.25, 0.3) is 0 Å². The molecule has 3 rings (SSSR count). The molecular weight excluding hydrogens is 290 g/mol. The number of pyridine rings is 1. The third-order valence-electron chi connectivity index (χ3n) is 3.08. The molecule has 1 aromatic carbocycles. The number of benzene rings is 1. The quantitative estimate of drug-likeness (QED) is 0.738. The summed E-state index contributed by atoms with van der Waals surface area (Å²) >= 11 is 3.42. The highest BCUT2D eigenvalue weighted by Crippen LogP contribution is 2.24. The minimum atomic E-state index is 0.851. The molecule has 0 unspecified atom stereocenters. The predicted octanol–water partition coefficient (Wildman–Crippen LogP) is 4.00. The van der Waals surface area contributed by atoms with E-state index in [-0.39, 0.29) is 0 Å². The third-order valence-corrected chi connectivity index (χ3v) is 3.51. The second kappa shape index (κ2) is 4.21. The Balaban J connectivity index is 2.19. The Morgan fingerprint density at radius 1 is 1.06 bits per heavy atom. The number of aromatic amines is 1. The predicted molar refractivity (Wildman–Crippen MR) is 76.5 cm³/mol. The highest BCUT2D eigenvalue weighted by Gasteiger charge is 2.07. The topological polar surface area (TPSA) is 41.6 Å². The van der Waals surface area contributed by atoms with E-state index in [1.165, 1.54) is 11.1 Å². The molecule has 2 aromatic heterocycles. The Labute approximate surface area is 113 Å². The Hall–Kier alpha value is -1.68. The van der Waals surface area contributed by atoms with E-state index >= 15 is 0 Å². The largest absolute Gasteiger partial charge is 0.338 e. The molecule has 18 heavy (non-hydrogen) atoms.